The minimum absolute atomic E-state index is 0.318. The molecule has 87 heavy (non-hydrogen) atoms. The van der Waals surface area contributed by atoms with Crippen LogP contribution < -0.4 is 9.80 Å². The van der Waals surface area contributed by atoms with Gasteiger partial charge in [0.2, 0.25) is 0 Å². The van der Waals surface area contributed by atoms with Crippen LogP contribution in [0.2, 0.25) is 0 Å². The largest absolute Gasteiger partial charge is 0.456 e. The number of furan rings is 6. The molecular weight excluding hydrogens is 1070 g/mol. The van der Waals surface area contributed by atoms with Crippen LogP contribution in [-0.2, 0) is 5.41 Å². The van der Waals surface area contributed by atoms with Crippen molar-refractivity contribution in [2.45, 2.75) is 19.3 Å². The summed E-state index contributed by atoms with van der Waals surface area (Å²) in [5, 5.41) is 10.8. The molecule has 0 spiro atoms. The van der Waals surface area contributed by atoms with Gasteiger partial charge in [-0.3, -0.25) is 0 Å². The lowest BCUT2D eigenvalue weighted by Gasteiger charge is -2.25. The molecule has 6 aromatic heterocycles. The fourth-order valence-corrected chi connectivity index (χ4v) is 13.9. The van der Waals surface area contributed by atoms with Crippen molar-refractivity contribution in [1.82, 2.24) is 0 Å². The first-order valence-electron chi connectivity index (χ1n) is 29.4. The van der Waals surface area contributed by atoms with Gasteiger partial charge in [0.25, 0.3) is 0 Å². The first-order chi connectivity index (χ1) is 42.8. The second-order valence-electron chi connectivity index (χ2n) is 23.6. The van der Waals surface area contributed by atoms with Crippen molar-refractivity contribution in [1.29, 1.82) is 0 Å². The Morgan fingerprint density at radius 2 is 0.552 bits per heavy atom. The Morgan fingerprint density at radius 1 is 0.241 bits per heavy atom. The van der Waals surface area contributed by atoms with Crippen LogP contribution in [0.5, 0.6) is 0 Å². The maximum Gasteiger partial charge on any atom is 0.137 e. The lowest BCUT2D eigenvalue weighted by atomic mass is 9.81. The van der Waals surface area contributed by atoms with Gasteiger partial charge in [0.15, 0.2) is 0 Å². The normalized spacial score (nSPS) is 13.0. The fourth-order valence-electron chi connectivity index (χ4n) is 13.9. The highest BCUT2D eigenvalue weighted by atomic mass is 16.4. The first-order valence-corrected chi connectivity index (χ1v) is 29.4. The summed E-state index contributed by atoms with van der Waals surface area (Å²) in [5.74, 6) is 1.65. The van der Waals surface area contributed by atoms with E-state index >= 15 is 0 Å². The van der Waals surface area contributed by atoms with E-state index < -0.39 is 0 Å². The van der Waals surface area contributed by atoms with Gasteiger partial charge in [-0.15, -0.1) is 0 Å². The molecule has 1 aliphatic carbocycles. The molecule has 0 bridgehead atoms. The predicted octanol–water partition coefficient (Wildman–Crippen LogP) is 23.4. The maximum absolute atomic E-state index is 6.97. The Kier molecular flexibility index (Phi) is 9.80. The second kappa shape index (κ2) is 17.8. The molecule has 0 fully saturated rings. The standard InChI is InChI=1S/C79H48N2O6/c1-79(2)65-41-63-59-33-29-53(80(51-27-31-57-55-13-5-9-17-69(55)84-73(57)37-51)49-23-19-45(20-24-49)71-35-47-11-3-7-15-67(47)82-71)39-75(59)86-77(63)43-61(65)62-44-78-64(42-66(62)79)60-34-30-54(40-76(60)87-78)81(52-28-32-58-56-14-6-10-18-70(56)85-74(58)38-52)50-25-21-46(22-26-50)72-36-48-12-4-8-16-68(48)83-72/h3-44H,1-2H3. The summed E-state index contributed by atoms with van der Waals surface area (Å²) in [6.07, 6.45) is 0. The summed E-state index contributed by atoms with van der Waals surface area (Å²) in [7, 11) is 0. The van der Waals surface area contributed by atoms with Gasteiger partial charge in [0, 0.05) is 129 Å². The lowest BCUT2D eigenvalue weighted by Crippen LogP contribution is -2.14. The van der Waals surface area contributed by atoms with Crippen molar-refractivity contribution in [3.05, 3.63) is 266 Å². The number of fused-ring (bicyclic) bond motifs is 17. The topological polar surface area (TPSA) is 85.3 Å². The minimum atomic E-state index is -0.318. The van der Waals surface area contributed by atoms with Crippen molar-refractivity contribution < 1.29 is 26.5 Å². The van der Waals surface area contributed by atoms with E-state index in [1.54, 1.807) is 0 Å². The van der Waals surface area contributed by atoms with Gasteiger partial charge in [0.05, 0.1) is 0 Å². The van der Waals surface area contributed by atoms with Gasteiger partial charge in [-0.2, -0.15) is 0 Å². The van der Waals surface area contributed by atoms with Crippen molar-refractivity contribution >= 4 is 144 Å². The van der Waals surface area contributed by atoms with Crippen LogP contribution >= 0.6 is 0 Å². The van der Waals surface area contributed by atoms with Gasteiger partial charge >= 0.3 is 0 Å². The molecule has 1 aliphatic rings. The Hall–Kier alpha value is -11.5. The van der Waals surface area contributed by atoms with Gasteiger partial charge in [-0.05, 0) is 180 Å². The molecule has 0 unspecified atom stereocenters. The number of anilines is 6. The van der Waals surface area contributed by atoms with E-state index in [2.05, 4.69) is 218 Å². The van der Waals surface area contributed by atoms with Crippen molar-refractivity contribution in [3.63, 3.8) is 0 Å². The maximum atomic E-state index is 6.97. The molecule has 8 heteroatoms. The summed E-state index contributed by atoms with van der Waals surface area (Å²) >= 11 is 0. The molecule has 18 aromatic rings. The lowest BCUT2D eigenvalue weighted by molar-refractivity contribution is 0.631. The highest BCUT2D eigenvalue weighted by Crippen LogP contribution is 2.54. The number of hydrogen-bond acceptors (Lipinski definition) is 8. The van der Waals surface area contributed by atoms with Crippen LogP contribution in [0.4, 0.5) is 34.1 Å². The van der Waals surface area contributed by atoms with Crippen molar-refractivity contribution in [2.24, 2.45) is 0 Å². The highest BCUT2D eigenvalue weighted by Gasteiger charge is 2.37. The smallest absolute Gasteiger partial charge is 0.137 e. The van der Waals surface area contributed by atoms with E-state index in [-0.39, 0.29) is 5.41 Å². The Balaban J connectivity index is 0.699. The number of nitrogens with zero attached hydrogens (tertiary/aromatic N) is 2. The number of benzene rings is 12. The van der Waals surface area contributed by atoms with E-state index in [0.29, 0.717) is 0 Å². The van der Waals surface area contributed by atoms with Gasteiger partial charge in [-0.1, -0.05) is 86.6 Å². The summed E-state index contributed by atoms with van der Waals surface area (Å²) in [6, 6.07) is 89.2. The van der Waals surface area contributed by atoms with Gasteiger partial charge in [0.1, 0.15) is 67.4 Å². The van der Waals surface area contributed by atoms with Crippen molar-refractivity contribution in [3.8, 4) is 33.8 Å². The molecule has 0 saturated carbocycles. The summed E-state index contributed by atoms with van der Waals surface area (Å²) in [4.78, 5) is 4.53. The van der Waals surface area contributed by atoms with Crippen LogP contribution in [0.1, 0.15) is 25.0 Å². The monoisotopic (exact) mass is 1120 g/mol. The highest BCUT2D eigenvalue weighted by molar-refractivity contribution is 6.13. The molecule has 8 nitrogen and oxygen atoms in total. The zero-order valence-corrected chi connectivity index (χ0v) is 47.1. The van der Waals surface area contributed by atoms with E-state index in [4.69, 9.17) is 26.5 Å². The Bertz CT molecular complexity index is 5460. The zero-order valence-electron chi connectivity index (χ0n) is 47.1. The van der Waals surface area contributed by atoms with E-state index in [1.807, 2.05) is 60.7 Å². The molecule has 410 valence electrons. The molecule has 6 heterocycles. The predicted molar refractivity (Wildman–Crippen MR) is 353 cm³/mol. The average Bonchev–Trinajstić information content (AvgIpc) is 1.67. The number of hydrogen-bond donors (Lipinski definition) is 0. The quantitative estimate of drug-likeness (QED) is 0.149. The molecule has 0 saturated heterocycles. The van der Waals surface area contributed by atoms with Crippen LogP contribution in [0.25, 0.3) is 143 Å². The molecule has 0 amide bonds. The number of para-hydroxylation sites is 4. The molecule has 0 N–H and O–H groups in total. The number of rotatable bonds is 8. The summed E-state index contributed by atoms with van der Waals surface area (Å²) in [6.45, 7) is 4.67. The average molecular weight is 1120 g/mol. The van der Waals surface area contributed by atoms with Crippen LogP contribution in [-0.4, -0.2) is 0 Å². The molecule has 19 rings (SSSR count). The molecule has 0 aliphatic heterocycles. The van der Waals surface area contributed by atoms with E-state index in [0.717, 1.165) is 178 Å². The fraction of sp³-hybridized carbons (Fsp3) is 0.0380. The molecular formula is C79H48N2O6. The van der Waals surface area contributed by atoms with E-state index in [1.165, 1.54) is 11.1 Å². The molecule has 12 aromatic carbocycles. The summed E-state index contributed by atoms with van der Waals surface area (Å²) < 4.78 is 39.4. The Morgan fingerprint density at radius 3 is 0.943 bits per heavy atom. The van der Waals surface area contributed by atoms with Crippen LogP contribution in [0, 0.1) is 0 Å². The second-order valence-corrected chi connectivity index (χ2v) is 23.6. The van der Waals surface area contributed by atoms with Gasteiger partial charge < -0.3 is 36.3 Å². The SMILES string of the molecule is CC1(C)c2cc3c(cc2-c2cc4oc5cc(N(c6ccc(-c7cc8ccccc8o7)cc6)c6ccc7c(c6)oc6ccccc67)ccc5c4cc21)oc1cc(N(c2ccc(-c4cc5ccccc5o4)cc2)c2ccc4c(c2)oc2ccccc24)ccc13. The van der Waals surface area contributed by atoms with Gasteiger partial charge in [-0.25, -0.2) is 0 Å². The summed E-state index contributed by atoms with van der Waals surface area (Å²) in [5.41, 5.74) is 20.6. The third-order valence-corrected chi connectivity index (χ3v) is 18.3. The first kappa shape index (κ1) is 48.0. The zero-order chi connectivity index (χ0) is 57.2. The molecule has 0 radical (unpaired) electrons. The van der Waals surface area contributed by atoms with Crippen LogP contribution in [0.15, 0.2) is 281 Å². The minimum Gasteiger partial charge on any atom is -0.456 e. The van der Waals surface area contributed by atoms with E-state index in [9.17, 15) is 0 Å². The Labute approximate surface area is 496 Å². The van der Waals surface area contributed by atoms with Crippen LogP contribution in [0.3, 0.4) is 0 Å². The molecule has 0 atom stereocenters. The van der Waals surface area contributed by atoms with Crippen molar-refractivity contribution in [2.75, 3.05) is 9.80 Å². The third-order valence-electron chi connectivity index (χ3n) is 18.3. The third kappa shape index (κ3) is 7.25.